The summed E-state index contributed by atoms with van der Waals surface area (Å²) in [4.78, 5) is 0. The molecule has 2 rings (SSSR count). The monoisotopic (exact) mass is 279 g/mol. The van der Waals surface area contributed by atoms with Gasteiger partial charge in [-0.3, -0.25) is 0 Å². The molecule has 0 saturated heterocycles. The minimum atomic E-state index is 0.191. The summed E-state index contributed by atoms with van der Waals surface area (Å²) >= 11 is 0. The molecule has 0 saturated carbocycles. The first-order valence-corrected chi connectivity index (χ1v) is 7.25. The number of aliphatic hydroxyl groups excluding tert-OH is 1. The van der Waals surface area contributed by atoms with Gasteiger partial charge in [0, 0.05) is 36.7 Å². The van der Waals surface area contributed by atoms with E-state index in [-0.39, 0.29) is 24.7 Å². The Morgan fingerprint density at radius 3 is 2.85 bits per heavy atom. The quantitative estimate of drug-likeness (QED) is 0.837. The van der Waals surface area contributed by atoms with Crippen LogP contribution in [0.15, 0.2) is 12.1 Å². The van der Waals surface area contributed by atoms with Crippen molar-refractivity contribution in [3.8, 4) is 11.5 Å². The predicted molar refractivity (Wildman–Crippen MR) is 79.3 cm³/mol. The highest BCUT2D eigenvalue weighted by Crippen LogP contribution is 2.34. The van der Waals surface area contributed by atoms with Crippen LogP contribution in [0, 0.1) is 5.92 Å². The minimum Gasteiger partial charge on any atom is -0.496 e. The van der Waals surface area contributed by atoms with Gasteiger partial charge in [-0.15, -0.1) is 0 Å². The Morgan fingerprint density at radius 1 is 1.45 bits per heavy atom. The number of fused-ring (bicyclic) bond motifs is 1. The first-order chi connectivity index (χ1) is 9.55. The summed E-state index contributed by atoms with van der Waals surface area (Å²) in [5.74, 6) is 2.10. The average molecular weight is 279 g/mol. The van der Waals surface area contributed by atoms with E-state index < -0.39 is 0 Å². The van der Waals surface area contributed by atoms with Crippen LogP contribution in [0.4, 0.5) is 0 Å². The van der Waals surface area contributed by atoms with Crippen molar-refractivity contribution in [2.45, 2.75) is 45.9 Å². The molecule has 1 aliphatic heterocycles. The maximum atomic E-state index is 9.17. The highest BCUT2D eigenvalue weighted by molar-refractivity contribution is 5.48. The van der Waals surface area contributed by atoms with Gasteiger partial charge in [0.25, 0.3) is 0 Å². The molecule has 0 spiro atoms. The van der Waals surface area contributed by atoms with Crippen LogP contribution in [0.2, 0.25) is 0 Å². The number of nitrogens with one attached hydrogen (secondary N) is 1. The molecule has 0 aliphatic carbocycles. The predicted octanol–water partition coefficient (Wildman–Crippen LogP) is 2.13. The Morgan fingerprint density at radius 2 is 2.20 bits per heavy atom. The molecular formula is C16H25NO3. The Balaban J connectivity index is 2.10. The number of aliphatic hydroxyl groups is 1. The van der Waals surface area contributed by atoms with Crippen LogP contribution < -0.4 is 14.8 Å². The molecule has 0 amide bonds. The SMILES string of the molecule is COc1cc2c(cc1CNC(C)C(C)CO)OC(C)C2. The van der Waals surface area contributed by atoms with Crippen molar-refractivity contribution in [1.82, 2.24) is 5.32 Å². The topological polar surface area (TPSA) is 50.7 Å². The average Bonchev–Trinajstić information content (AvgIpc) is 2.81. The normalized spacial score (nSPS) is 20.1. The third-order valence-electron chi connectivity index (χ3n) is 4.06. The van der Waals surface area contributed by atoms with Crippen molar-refractivity contribution >= 4 is 0 Å². The Hall–Kier alpha value is -1.26. The third kappa shape index (κ3) is 3.25. The van der Waals surface area contributed by atoms with Crippen LogP contribution in [0.5, 0.6) is 11.5 Å². The van der Waals surface area contributed by atoms with E-state index >= 15 is 0 Å². The molecule has 0 fully saturated rings. The van der Waals surface area contributed by atoms with Gasteiger partial charge in [0.2, 0.25) is 0 Å². The number of ether oxygens (including phenoxy) is 2. The van der Waals surface area contributed by atoms with Gasteiger partial charge < -0.3 is 19.9 Å². The number of hydrogen-bond donors (Lipinski definition) is 2. The molecule has 1 heterocycles. The molecule has 3 unspecified atom stereocenters. The summed E-state index contributed by atoms with van der Waals surface area (Å²) in [5.41, 5.74) is 2.31. The van der Waals surface area contributed by atoms with Crippen LogP contribution in [0.3, 0.4) is 0 Å². The molecule has 20 heavy (non-hydrogen) atoms. The second-order valence-corrected chi connectivity index (χ2v) is 5.73. The molecule has 3 atom stereocenters. The van der Waals surface area contributed by atoms with Gasteiger partial charge in [-0.05, 0) is 31.9 Å². The van der Waals surface area contributed by atoms with Gasteiger partial charge in [0.1, 0.15) is 17.6 Å². The first kappa shape index (κ1) is 15.1. The van der Waals surface area contributed by atoms with Crippen LogP contribution in [-0.2, 0) is 13.0 Å². The third-order valence-corrected chi connectivity index (χ3v) is 4.06. The Bertz CT molecular complexity index is 461. The molecular weight excluding hydrogens is 254 g/mol. The van der Waals surface area contributed by atoms with Crippen molar-refractivity contribution in [2.24, 2.45) is 5.92 Å². The zero-order valence-corrected chi connectivity index (χ0v) is 12.8. The van der Waals surface area contributed by atoms with Gasteiger partial charge in [0.05, 0.1) is 7.11 Å². The van der Waals surface area contributed by atoms with Crippen molar-refractivity contribution in [1.29, 1.82) is 0 Å². The molecule has 0 radical (unpaired) electrons. The van der Waals surface area contributed by atoms with Gasteiger partial charge in [-0.1, -0.05) is 6.92 Å². The first-order valence-electron chi connectivity index (χ1n) is 7.25. The second-order valence-electron chi connectivity index (χ2n) is 5.73. The standard InChI is InChI=1S/C16H25NO3/c1-10(9-18)12(3)17-8-14-7-16-13(5-11(2)20-16)6-15(14)19-4/h6-7,10-12,17-18H,5,8-9H2,1-4H3. The maximum Gasteiger partial charge on any atom is 0.123 e. The van der Waals surface area contributed by atoms with E-state index in [1.165, 1.54) is 5.56 Å². The number of rotatable bonds is 6. The molecule has 0 bridgehead atoms. The summed E-state index contributed by atoms with van der Waals surface area (Å²) in [6, 6.07) is 4.40. The van der Waals surface area contributed by atoms with Crippen LogP contribution in [-0.4, -0.2) is 31.0 Å². The Kier molecular flexibility index (Phi) is 4.89. The van der Waals surface area contributed by atoms with E-state index in [9.17, 15) is 5.11 Å². The summed E-state index contributed by atoms with van der Waals surface area (Å²) in [6.45, 7) is 7.09. The smallest absolute Gasteiger partial charge is 0.123 e. The zero-order chi connectivity index (χ0) is 14.7. The summed E-state index contributed by atoms with van der Waals surface area (Å²) < 4.78 is 11.3. The van der Waals surface area contributed by atoms with E-state index in [1.807, 2.05) is 6.92 Å². The van der Waals surface area contributed by atoms with Crippen LogP contribution in [0.25, 0.3) is 0 Å². The van der Waals surface area contributed by atoms with E-state index in [1.54, 1.807) is 7.11 Å². The zero-order valence-electron chi connectivity index (χ0n) is 12.8. The van der Waals surface area contributed by atoms with E-state index in [4.69, 9.17) is 9.47 Å². The Labute approximate surface area is 121 Å². The minimum absolute atomic E-state index is 0.191. The van der Waals surface area contributed by atoms with Gasteiger partial charge in [0.15, 0.2) is 0 Å². The summed E-state index contributed by atoms with van der Waals surface area (Å²) in [6.07, 6.45) is 1.18. The molecule has 4 nitrogen and oxygen atoms in total. The number of benzene rings is 1. The van der Waals surface area contributed by atoms with Crippen LogP contribution >= 0.6 is 0 Å². The lowest BCUT2D eigenvalue weighted by Crippen LogP contribution is -2.33. The second kappa shape index (κ2) is 6.46. The van der Waals surface area contributed by atoms with Gasteiger partial charge in [-0.2, -0.15) is 0 Å². The lowest BCUT2D eigenvalue weighted by atomic mass is 10.0. The summed E-state index contributed by atoms with van der Waals surface area (Å²) in [5, 5.41) is 12.6. The molecule has 1 aromatic carbocycles. The van der Waals surface area contributed by atoms with Gasteiger partial charge >= 0.3 is 0 Å². The highest BCUT2D eigenvalue weighted by Gasteiger charge is 2.22. The maximum absolute atomic E-state index is 9.17. The largest absolute Gasteiger partial charge is 0.496 e. The molecule has 1 aromatic rings. The molecule has 0 aromatic heterocycles. The van der Waals surface area contributed by atoms with Crippen molar-refractivity contribution in [3.05, 3.63) is 23.3 Å². The van der Waals surface area contributed by atoms with Crippen molar-refractivity contribution in [3.63, 3.8) is 0 Å². The fraction of sp³-hybridized carbons (Fsp3) is 0.625. The lowest BCUT2D eigenvalue weighted by molar-refractivity contribution is 0.206. The van der Waals surface area contributed by atoms with Gasteiger partial charge in [-0.25, -0.2) is 0 Å². The van der Waals surface area contributed by atoms with E-state index in [0.29, 0.717) is 6.54 Å². The summed E-state index contributed by atoms with van der Waals surface area (Å²) in [7, 11) is 1.70. The highest BCUT2D eigenvalue weighted by atomic mass is 16.5. The molecule has 2 N–H and O–H groups in total. The molecule has 112 valence electrons. The number of methoxy groups -OCH3 is 1. The van der Waals surface area contributed by atoms with E-state index in [2.05, 4.69) is 31.3 Å². The van der Waals surface area contributed by atoms with E-state index in [0.717, 1.165) is 23.5 Å². The van der Waals surface area contributed by atoms with Crippen molar-refractivity contribution < 1.29 is 14.6 Å². The van der Waals surface area contributed by atoms with Crippen molar-refractivity contribution in [2.75, 3.05) is 13.7 Å². The fourth-order valence-corrected chi connectivity index (χ4v) is 2.44. The lowest BCUT2D eigenvalue weighted by Gasteiger charge is -2.20. The molecule has 1 aliphatic rings. The van der Waals surface area contributed by atoms with Crippen LogP contribution in [0.1, 0.15) is 31.9 Å². The number of hydrogen-bond acceptors (Lipinski definition) is 4. The fourth-order valence-electron chi connectivity index (χ4n) is 2.44. The molecule has 4 heteroatoms.